The molecule has 0 fully saturated rings. The largest absolute Gasteiger partial charge is 0.507 e. The molecule has 1 N–H and O–H groups in total. The Hall–Kier alpha value is -1.77. The molecule has 0 spiro atoms. The highest BCUT2D eigenvalue weighted by Crippen LogP contribution is 2.40. The third-order valence-electron chi connectivity index (χ3n) is 6.15. The molecule has 0 aromatic heterocycles. The third-order valence-corrected chi connectivity index (χ3v) is 6.15. The average molecular weight is 459 g/mol. The molecule has 3 heteroatoms. The molecule has 33 heavy (non-hydrogen) atoms. The van der Waals surface area contributed by atoms with Gasteiger partial charge in [0.1, 0.15) is 5.75 Å². The summed E-state index contributed by atoms with van der Waals surface area (Å²) in [5.74, 6) is 0.0518. The fourth-order valence-corrected chi connectivity index (χ4v) is 4.05. The van der Waals surface area contributed by atoms with Crippen molar-refractivity contribution in [1.82, 2.24) is 0 Å². The number of rotatable bonds is 14. The number of unbranched alkanes of at least 4 members (excludes halogenated alkanes) is 10. The van der Waals surface area contributed by atoms with Crippen molar-refractivity contribution in [3.05, 3.63) is 34.9 Å². The Morgan fingerprint density at radius 2 is 1.21 bits per heavy atom. The normalized spacial score (nSPS) is 12.5. The number of esters is 1. The Bertz CT molecular complexity index is 697. The number of aromatic hydroxyl groups is 1. The van der Waals surface area contributed by atoms with Crippen molar-refractivity contribution in [2.45, 2.75) is 130 Å². The SMILES string of the molecule is CCCCCCCCCCCCCOC(=O)C=Cc1cc(C(C)(C)C)c(O)c(C(C)(C)C)c1. The van der Waals surface area contributed by atoms with Crippen LogP contribution in [0.1, 0.15) is 136 Å². The molecule has 1 aromatic rings. The van der Waals surface area contributed by atoms with Crippen LogP contribution in [0.15, 0.2) is 18.2 Å². The Kier molecular flexibility index (Phi) is 12.8. The van der Waals surface area contributed by atoms with Crippen LogP contribution in [0.5, 0.6) is 5.75 Å². The lowest BCUT2D eigenvalue weighted by molar-refractivity contribution is -0.137. The van der Waals surface area contributed by atoms with Crippen LogP contribution in [0.4, 0.5) is 0 Å². The maximum Gasteiger partial charge on any atom is 0.330 e. The highest BCUT2D eigenvalue weighted by Gasteiger charge is 2.26. The molecule has 0 aliphatic heterocycles. The molecule has 0 bridgehead atoms. The first-order valence-corrected chi connectivity index (χ1v) is 13.2. The van der Waals surface area contributed by atoms with E-state index in [1.807, 2.05) is 12.1 Å². The van der Waals surface area contributed by atoms with Crippen molar-refractivity contribution < 1.29 is 14.6 Å². The monoisotopic (exact) mass is 458 g/mol. The first-order chi connectivity index (χ1) is 15.5. The predicted molar refractivity (Wildman–Crippen MR) is 142 cm³/mol. The minimum absolute atomic E-state index is 0.191. The number of phenols is 1. The molecule has 3 nitrogen and oxygen atoms in total. The molecule has 1 aromatic carbocycles. The smallest absolute Gasteiger partial charge is 0.330 e. The van der Waals surface area contributed by atoms with Gasteiger partial charge in [-0.25, -0.2) is 4.79 Å². The molecule has 0 amide bonds. The number of carbonyl (C=O) groups is 1. The highest BCUT2D eigenvalue weighted by molar-refractivity contribution is 5.87. The topological polar surface area (TPSA) is 46.5 Å². The maximum atomic E-state index is 12.2. The summed E-state index contributed by atoms with van der Waals surface area (Å²) in [4.78, 5) is 12.2. The predicted octanol–water partition coefficient (Wildman–Crippen LogP) is 8.85. The minimum atomic E-state index is -0.301. The minimum Gasteiger partial charge on any atom is -0.507 e. The summed E-state index contributed by atoms with van der Waals surface area (Å²) in [6, 6.07) is 3.94. The van der Waals surface area contributed by atoms with Gasteiger partial charge in [0, 0.05) is 17.2 Å². The van der Waals surface area contributed by atoms with Gasteiger partial charge >= 0.3 is 5.97 Å². The van der Waals surface area contributed by atoms with E-state index in [1.54, 1.807) is 6.08 Å². The Balaban J connectivity index is 2.42. The van der Waals surface area contributed by atoms with Gasteiger partial charge < -0.3 is 9.84 Å². The molecule has 0 aliphatic carbocycles. The van der Waals surface area contributed by atoms with E-state index in [0.717, 1.165) is 29.5 Å². The molecule has 0 unspecified atom stereocenters. The van der Waals surface area contributed by atoms with Gasteiger partial charge in [0.15, 0.2) is 0 Å². The summed E-state index contributed by atoms with van der Waals surface area (Å²) >= 11 is 0. The fourth-order valence-electron chi connectivity index (χ4n) is 4.05. The average Bonchev–Trinajstić information content (AvgIpc) is 2.72. The van der Waals surface area contributed by atoms with Crippen LogP contribution in [0.3, 0.4) is 0 Å². The number of hydrogen-bond acceptors (Lipinski definition) is 3. The summed E-state index contributed by atoms with van der Waals surface area (Å²) in [5, 5.41) is 10.8. The first-order valence-electron chi connectivity index (χ1n) is 13.2. The molecule has 0 atom stereocenters. The number of phenolic OH excluding ortho intramolecular Hbond substituents is 1. The number of ether oxygens (including phenoxy) is 1. The Labute approximate surface area is 204 Å². The van der Waals surface area contributed by atoms with Crippen molar-refractivity contribution in [3.63, 3.8) is 0 Å². The molecule has 188 valence electrons. The zero-order chi connectivity index (χ0) is 24.9. The highest BCUT2D eigenvalue weighted by atomic mass is 16.5. The lowest BCUT2D eigenvalue weighted by Gasteiger charge is -2.27. The van der Waals surface area contributed by atoms with E-state index in [4.69, 9.17) is 4.74 Å². The van der Waals surface area contributed by atoms with Gasteiger partial charge in [-0.05, 0) is 41.0 Å². The van der Waals surface area contributed by atoms with Crippen LogP contribution < -0.4 is 0 Å². The summed E-state index contributed by atoms with van der Waals surface area (Å²) in [5.41, 5.74) is 2.31. The molecule has 0 aliphatic rings. The maximum absolute atomic E-state index is 12.2. The standard InChI is InChI=1S/C30H50O3/c1-8-9-10-11-12-13-14-15-16-17-18-21-33-27(31)20-19-24-22-25(29(2,3)4)28(32)26(23-24)30(5,6)7/h19-20,22-23,32H,8-18,21H2,1-7H3. The van der Waals surface area contributed by atoms with Crippen molar-refractivity contribution in [3.8, 4) is 5.75 Å². The van der Waals surface area contributed by atoms with Crippen molar-refractivity contribution in [2.24, 2.45) is 0 Å². The quantitative estimate of drug-likeness (QED) is 0.172. The second kappa shape index (κ2) is 14.5. The lowest BCUT2D eigenvalue weighted by atomic mass is 9.78. The molecular formula is C30H50O3. The fraction of sp³-hybridized carbons (Fsp3) is 0.700. The summed E-state index contributed by atoms with van der Waals surface area (Å²) in [6.07, 6.45) is 17.4. The molecule has 0 heterocycles. The van der Waals surface area contributed by atoms with E-state index >= 15 is 0 Å². The van der Waals surface area contributed by atoms with Crippen molar-refractivity contribution in [1.29, 1.82) is 0 Å². The van der Waals surface area contributed by atoms with Gasteiger partial charge in [-0.3, -0.25) is 0 Å². The summed E-state index contributed by atoms with van der Waals surface area (Å²) in [6.45, 7) is 15.3. The van der Waals surface area contributed by atoms with Crippen LogP contribution in [-0.4, -0.2) is 17.7 Å². The lowest BCUT2D eigenvalue weighted by Crippen LogP contribution is -2.17. The Morgan fingerprint density at radius 3 is 1.64 bits per heavy atom. The van der Waals surface area contributed by atoms with Gasteiger partial charge in [-0.15, -0.1) is 0 Å². The van der Waals surface area contributed by atoms with E-state index in [9.17, 15) is 9.90 Å². The summed E-state index contributed by atoms with van der Waals surface area (Å²) < 4.78 is 5.39. The number of carbonyl (C=O) groups excluding carboxylic acids is 1. The van der Waals surface area contributed by atoms with Crippen LogP contribution in [0.2, 0.25) is 0 Å². The Morgan fingerprint density at radius 1 is 0.788 bits per heavy atom. The molecule has 1 rings (SSSR count). The van der Waals surface area contributed by atoms with Gasteiger partial charge in [-0.2, -0.15) is 0 Å². The van der Waals surface area contributed by atoms with Gasteiger partial charge in [0.2, 0.25) is 0 Å². The van der Waals surface area contributed by atoms with Crippen LogP contribution in [0, 0.1) is 0 Å². The summed E-state index contributed by atoms with van der Waals surface area (Å²) in [7, 11) is 0. The first kappa shape index (κ1) is 29.3. The van der Waals surface area contributed by atoms with Gasteiger partial charge in [0.25, 0.3) is 0 Å². The van der Waals surface area contributed by atoms with E-state index in [0.29, 0.717) is 12.4 Å². The van der Waals surface area contributed by atoms with Gasteiger partial charge in [0.05, 0.1) is 6.61 Å². The van der Waals surface area contributed by atoms with Crippen LogP contribution in [0.25, 0.3) is 6.08 Å². The van der Waals surface area contributed by atoms with E-state index in [2.05, 4.69) is 48.5 Å². The zero-order valence-electron chi connectivity index (χ0n) is 22.6. The zero-order valence-corrected chi connectivity index (χ0v) is 22.6. The molecule has 0 saturated heterocycles. The van der Waals surface area contributed by atoms with Crippen LogP contribution in [-0.2, 0) is 20.4 Å². The van der Waals surface area contributed by atoms with E-state index in [1.165, 1.54) is 63.9 Å². The van der Waals surface area contributed by atoms with E-state index < -0.39 is 0 Å². The molecular weight excluding hydrogens is 408 g/mol. The number of hydrogen-bond donors (Lipinski definition) is 1. The second-order valence-corrected chi connectivity index (χ2v) is 11.5. The molecule has 0 radical (unpaired) electrons. The van der Waals surface area contributed by atoms with Crippen molar-refractivity contribution in [2.75, 3.05) is 6.61 Å². The van der Waals surface area contributed by atoms with Gasteiger partial charge in [-0.1, -0.05) is 113 Å². The van der Waals surface area contributed by atoms with E-state index in [-0.39, 0.29) is 16.8 Å². The molecule has 0 saturated carbocycles. The second-order valence-electron chi connectivity index (χ2n) is 11.5. The third kappa shape index (κ3) is 11.8. The van der Waals surface area contributed by atoms with Crippen molar-refractivity contribution >= 4 is 12.0 Å². The van der Waals surface area contributed by atoms with Crippen LogP contribution >= 0.6 is 0 Å². The number of benzene rings is 1.